The van der Waals surface area contributed by atoms with Crippen molar-refractivity contribution < 1.29 is 15.1 Å². The standard InChI is InChI=1S/C14H22N2O3/c1-10(2)15-8-13(17)9-19-14-6-4-12(5-7-14)11(3)16-18/h4-7,10,13,15,17-18H,8-9H2,1-3H3/b16-11+/t13-/m1/s1. The van der Waals surface area contributed by atoms with Crippen LogP contribution in [0.15, 0.2) is 29.4 Å². The molecule has 0 saturated carbocycles. The summed E-state index contributed by atoms with van der Waals surface area (Å²) in [5.74, 6) is 0.679. The second-order valence-electron chi connectivity index (χ2n) is 4.74. The minimum absolute atomic E-state index is 0.242. The predicted octanol–water partition coefficient (Wildman–Crippen LogP) is 1.62. The Morgan fingerprint density at radius 2 is 1.95 bits per heavy atom. The van der Waals surface area contributed by atoms with Gasteiger partial charge in [-0.2, -0.15) is 0 Å². The van der Waals surface area contributed by atoms with Crippen LogP contribution >= 0.6 is 0 Å². The topological polar surface area (TPSA) is 74.1 Å². The highest BCUT2D eigenvalue weighted by Crippen LogP contribution is 2.13. The van der Waals surface area contributed by atoms with Gasteiger partial charge in [0.25, 0.3) is 0 Å². The summed E-state index contributed by atoms with van der Waals surface area (Å²) in [7, 11) is 0. The molecule has 0 bridgehead atoms. The van der Waals surface area contributed by atoms with Gasteiger partial charge in [0.15, 0.2) is 0 Å². The van der Waals surface area contributed by atoms with Gasteiger partial charge in [-0.15, -0.1) is 0 Å². The number of aliphatic hydroxyl groups is 1. The number of aliphatic hydroxyl groups excluding tert-OH is 1. The summed E-state index contributed by atoms with van der Waals surface area (Å²) in [4.78, 5) is 0. The summed E-state index contributed by atoms with van der Waals surface area (Å²) < 4.78 is 5.48. The first-order valence-electron chi connectivity index (χ1n) is 6.36. The average Bonchev–Trinajstić information content (AvgIpc) is 2.42. The second kappa shape index (κ2) is 7.76. The molecule has 1 atom stereocenters. The van der Waals surface area contributed by atoms with Crippen LogP contribution in [0.1, 0.15) is 26.3 Å². The largest absolute Gasteiger partial charge is 0.491 e. The monoisotopic (exact) mass is 266 g/mol. The van der Waals surface area contributed by atoms with Gasteiger partial charge in [0.2, 0.25) is 0 Å². The highest BCUT2D eigenvalue weighted by molar-refractivity contribution is 5.98. The van der Waals surface area contributed by atoms with Crippen LogP contribution in [0.2, 0.25) is 0 Å². The molecule has 1 aromatic rings. The van der Waals surface area contributed by atoms with Crippen LogP contribution in [0.3, 0.4) is 0 Å². The number of rotatable bonds is 7. The van der Waals surface area contributed by atoms with Crippen LogP contribution < -0.4 is 10.1 Å². The summed E-state index contributed by atoms with van der Waals surface area (Å²) in [5.41, 5.74) is 1.38. The Morgan fingerprint density at radius 1 is 1.32 bits per heavy atom. The van der Waals surface area contributed by atoms with E-state index < -0.39 is 6.10 Å². The third-order valence-electron chi connectivity index (χ3n) is 2.63. The van der Waals surface area contributed by atoms with Crippen molar-refractivity contribution in [1.82, 2.24) is 5.32 Å². The first kappa shape index (κ1) is 15.5. The molecule has 0 radical (unpaired) electrons. The summed E-state index contributed by atoms with van der Waals surface area (Å²) in [5, 5.41) is 24.6. The molecule has 0 fully saturated rings. The van der Waals surface area contributed by atoms with Gasteiger partial charge in [-0.25, -0.2) is 0 Å². The quantitative estimate of drug-likeness (QED) is 0.398. The highest BCUT2D eigenvalue weighted by atomic mass is 16.5. The van der Waals surface area contributed by atoms with Gasteiger partial charge < -0.3 is 20.4 Å². The number of nitrogens with zero attached hydrogens (tertiary/aromatic N) is 1. The first-order valence-corrected chi connectivity index (χ1v) is 6.36. The van der Waals surface area contributed by atoms with E-state index in [0.29, 0.717) is 24.0 Å². The van der Waals surface area contributed by atoms with Crippen molar-refractivity contribution >= 4 is 5.71 Å². The molecule has 0 aliphatic carbocycles. The number of benzene rings is 1. The van der Waals surface area contributed by atoms with Crippen molar-refractivity contribution in [2.75, 3.05) is 13.2 Å². The summed E-state index contributed by atoms with van der Waals surface area (Å²) in [6.07, 6.45) is -0.539. The SMILES string of the molecule is C/C(=N\O)c1ccc(OC[C@H](O)CNC(C)C)cc1. The Balaban J connectivity index is 2.41. The van der Waals surface area contributed by atoms with Crippen molar-refractivity contribution in [3.8, 4) is 5.75 Å². The van der Waals surface area contributed by atoms with Crippen LogP contribution in [-0.4, -0.2) is 41.3 Å². The van der Waals surface area contributed by atoms with Gasteiger partial charge in [-0.1, -0.05) is 19.0 Å². The van der Waals surface area contributed by atoms with E-state index in [2.05, 4.69) is 10.5 Å². The molecule has 0 spiro atoms. The van der Waals surface area contributed by atoms with Crippen LogP contribution in [0.25, 0.3) is 0 Å². The molecule has 5 heteroatoms. The molecule has 5 nitrogen and oxygen atoms in total. The smallest absolute Gasteiger partial charge is 0.119 e. The number of hydrogen-bond donors (Lipinski definition) is 3. The van der Waals surface area contributed by atoms with E-state index in [4.69, 9.17) is 9.94 Å². The lowest BCUT2D eigenvalue weighted by Crippen LogP contribution is -2.35. The maximum Gasteiger partial charge on any atom is 0.119 e. The predicted molar refractivity (Wildman–Crippen MR) is 75.1 cm³/mol. The van der Waals surface area contributed by atoms with Gasteiger partial charge in [0, 0.05) is 12.6 Å². The minimum Gasteiger partial charge on any atom is -0.491 e. The molecular weight excluding hydrogens is 244 g/mol. The average molecular weight is 266 g/mol. The molecule has 0 saturated heterocycles. The minimum atomic E-state index is -0.539. The van der Waals surface area contributed by atoms with Crippen LogP contribution in [-0.2, 0) is 0 Å². The maximum absolute atomic E-state index is 9.70. The number of nitrogens with one attached hydrogen (secondary N) is 1. The molecule has 0 heterocycles. The van der Waals surface area contributed by atoms with E-state index in [9.17, 15) is 5.11 Å². The molecule has 3 N–H and O–H groups in total. The number of hydrogen-bond acceptors (Lipinski definition) is 5. The molecule has 0 amide bonds. The first-order chi connectivity index (χ1) is 9.02. The molecule has 106 valence electrons. The van der Waals surface area contributed by atoms with Gasteiger partial charge in [0.1, 0.15) is 18.5 Å². The van der Waals surface area contributed by atoms with Crippen molar-refractivity contribution in [3.63, 3.8) is 0 Å². The van der Waals surface area contributed by atoms with E-state index in [0.717, 1.165) is 5.56 Å². The Kier molecular flexibility index (Phi) is 6.32. The van der Waals surface area contributed by atoms with Crippen LogP contribution in [0.4, 0.5) is 0 Å². The fraction of sp³-hybridized carbons (Fsp3) is 0.500. The molecule has 0 aromatic heterocycles. The van der Waals surface area contributed by atoms with Gasteiger partial charge >= 0.3 is 0 Å². The van der Waals surface area contributed by atoms with E-state index in [1.54, 1.807) is 19.1 Å². The van der Waals surface area contributed by atoms with E-state index in [-0.39, 0.29) is 6.61 Å². The van der Waals surface area contributed by atoms with Gasteiger partial charge in [-0.3, -0.25) is 0 Å². The lowest BCUT2D eigenvalue weighted by molar-refractivity contribution is 0.104. The zero-order valence-electron chi connectivity index (χ0n) is 11.6. The summed E-state index contributed by atoms with van der Waals surface area (Å²) in [6, 6.07) is 7.53. The normalized spacial score (nSPS) is 13.6. The van der Waals surface area contributed by atoms with Gasteiger partial charge in [-0.05, 0) is 36.8 Å². The fourth-order valence-electron chi connectivity index (χ4n) is 1.47. The molecule has 19 heavy (non-hydrogen) atoms. The van der Waals surface area contributed by atoms with Crippen molar-refractivity contribution in [2.24, 2.45) is 5.16 Å². The summed E-state index contributed by atoms with van der Waals surface area (Å²) >= 11 is 0. The van der Waals surface area contributed by atoms with Crippen molar-refractivity contribution in [1.29, 1.82) is 0 Å². The molecule has 1 rings (SSSR count). The van der Waals surface area contributed by atoms with Crippen LogP contribution in [0.5, 0.6) is 5.75 Å². The van der Waals surface area contributed by atoms with Crippen LogP contribution in [0, 0.1) is 0 Å². The Labute approximate surface area is 113 Å². The van der Waals surface area contributed by atoms with Crippen molar-refractivity contribution in [3.05, 3.63) is 29.8 Å². The second-order valence-corrected chi connectivity index (χ2v) is 4.74. The lowest BCUT2D eigenvalue weighted by atomic mass is 10.1. The van der Waals surface area contributed by atoms with E-state index in [1.165, 1.54) is 0 Å². The zero-order chi connectivity index (χ0) is 14.3. The third kappa shape index (κ3) is 5.72. The maximum atomic E-state index is 9.70. The fourth-order valence-corrected chi connectivity index (χ4v) is 1.47. The van der Waals surface area contributed by atoms with E-state index in [1.807, 2.05) is 26.0 Å². The molecular formula is C14H22N2O3. The van der Waals surface area contributed by atoms with E-state index >= 15 is 0 Å². The highest BCUT2D eigenvalue weighted by Gasteiger charge is 2.06. The third-order valence-corrected chi connectivity index (χ3v) is 2.63. The molecule has 0 aliphatic rings. The summed E-state index contributed by atoms with van der Waals surface area (Å²) in [6.45, 7) is 6.52. The molecule has 0 aliphatic heterocycles. The van der Waals surface area contributed by atoms with Crippen molar-refractivity contribution in [2.45, 2.75) is 32.9 Å². The Hall–Kier alpha value is -1.59. The van der Waals surface area contributed by atoms with Gasteiger partial charge in [0.05, 0.1) is 5.71 Å². The molecule has 0 unspecified atom stereocenters. The lowest BCUT2D eigenvalue weighted by Gasteiger charge is -2.15. The molecule has 1 aromatic carbocycles. The Bertz CT molecular complexity index is 402. The Morgan fingerprint density at radius 3 is 2.47 bits per heavy atom. The number of oxime groups is 1. The number of ether oxygens (including phenoxy) is 1. The zero-order valence-corrected chi connectivity index (χ0v) is 11.6.